The predicted molar refractivity (Wildman–Crippen MR) is 115 cm³/mol. The summed E-state index contributed by atoms with van der Waals surface area (Å²) < 4.78 is 45.2. The Morgan fingerprint density at radius 1 is 1.00 bits per heavy atom. The normalized spacial score (nSPS) is 19.2. The quantitative estimate of drug-likeness (QED) is 0.436. The van der Waals surface area contributed by atoms with Crippen LogP contribution < -0.4 is 9.47 Å². The van der Waals surface area contributed by atoms with Gasteiger partial charge in [-0.05, 0) is 49.4 Å². The molecule has 3 rings (SSSR count). The van der Waals surface area contributed by atoms with Gasteiger partial charge in [0.05, 0.1) is 19.3 Å². The molecule has 2 atom stereocenters. The molecule has 3 nitrogen and oxygen atoms in total. The summed E-state index contributed by atoms with van der Waals surface area (Å²) in [5.41, 5.74) is 2.44. The predicted octanol–water partition coefficient (Wildman–Crippen LogP) is 6.52. The van der Waals surface area contributed by atoms with Crippen molar-refractivity contribution in [3.63, 3.8) is 0 Å². The van der Waals surface area contributed by atoms with Crippen LogP contribution in [0.5, 0.6) is 11.5 Å². The van der Waals surface area contributed by atoms with Gasteiger partial charge in [-0.3, -0.25) is 0 Å². The molecule has 2 unspecified atom stereocenters. The summed E-state index contributed by atoms with van der Waals surface area (Å²) in [7, 11) is 0. The molecule has 1 aliphatic heterocycles. The van der Waals surface area contributed by atoms with E-state index in [9.17, 15) is 8.78 Å². The summed E-state index contributed by atoms with van der Waals surface area (Å²) in [4.78, 5) is 0. The number of hydrogen-bond donors (Lipinski definition) is 0. The Balaban J connectivity index is 1.49. The van der Waals surface area contributed by atoms with Crippen molar-refractivity contribution in [1.82, 2.24) is 0 Å². The Bertz CT molecular complexity index is 825. The van der Waals surface area contributed by atoms with Crippen molar-refractivity contribution in [2.45, 2.75) is 51.6 Å². The summed E-state index contributed by atoms with van der Waals surface area (Å²) in [6.45, 7) is 5.16. The van der Waals surface area contributed by atoms with Gasteiger partial charge in [-0.25, -0.2) is 0 Å². The third-order valence-corrected chi connectivity index (χ3v) is 5.33. The van der Waals surface area contributed by atoms with E-state index in [1.165, 1.54) is 23.3 Å². The molecule has 0 aromatic heterocycles. The fourth-order valence-corrected chi connectivity index (χ4v) is 3.52. The van der Waals surface area contributed by atoms with Crippen molar-refractivity contribution < 1.29 is 23.0 Å². The maximum absolute atomic E-state index is 14.3. The Kier molecular flexibility index (Phi) is 8.26. The largest absolute Gasteiger partial charge is 0.490 e. The van der Waals surface area contributed by atoms with Crippen LogP contribution in [-0.2, 0) is 4.74 Å². The Labute approximate surface area is 177 Å². The lowest BCUT2D eigenvalue weighted by Gasteiger charge is -2.29. The van der Waals surface area contributed by atoms with E-state index in [1.54, 1.807) is 0 Å². The average Bonchev–Trinajstić information content (AvgIpc) is 2.77. The van der Waals surface area contributed by atoms with Gasteiger partial charge in [0.15, 0.2) is 11.5 Å². The van der Waals surface area contributed by atoms with E-state index in [4.69, 9.17) is 14.2 Å². The van der Waals surface area contributed by atoms with Crippen LogP contribution in [0, 0.1) is 11.6 Å². The first-order valence-corrected chi connectivity index (χ1v) is 10.7. The minimum atomic E-state index is -1.01. The second-order valence-corrected chi connectivity index (χ2v) is 7.60. The summed E-state index contributed by atoms with van der Waals surface area (Å²) in [6, 6.07) is 11.3. The topological polar surface area (TPSA) is 27.7 Å². The van der Waals surface area contributed by atoms with Crippen molar-refractivity contribution in [2.24, 2.45) is 0 Å². The fourth-order valence-electron chi connectivity index (χ4n) is 3.52. The minimum Gasteiger partial charge on any atom is -0.490 e. The van der Waals surface area contributed by atoms with Gasteiger partial charge in [-0.1, -0.05) is 49.8 Å². The Morgan fingerprint density at radius 2 is 1.70 bits per heavy atom. The molecule has 162 valence electrons. The summed E-state index contributed by atoms with van der Waals surface area (Å²) in [5.74, 6) is -1.87. The summed E-state index contributed by atoms with van der Waals surface area (Å²) >= 11 is 0. The highest BCUT2D eigenvalue weighted by Crippen LogP contribution is 2.31. The van der Waals surface area contributed by atoms with Crippen LogP contribution in [0.25, 0.3) is 6.08 Å². The van der Waals surface area contributed by atoms with E-state index in [2.05, 4.69) is 30.3 Å². The van der Waals surface area contributed by atoms with Crippen LogP contribution in [0.3, 0.4) is 0 Å². The van der Waals surface area contributed by atoms with E-state index in [1.807, 2.05) is 19.9 Å². The summed E-state index contributed by atoms with van der Waals surface area (Å²) in [5, 5.41) is 0. The lowest BCUT2D eigenvalue weighted by Crippen LogP contribution is -2.29. The zero-order valence-electron chi connectivity index (χ0n) is 17.7. The molecule has 2 aromatic rings. The lowest BCUT2D eigenvalue weighted by molar-refractivity contribution is -0.0219. The third kappa shape index (κ3) is 5.82. The van der Waals surface area contributed by atoms with Crippen LogP contribution in [0.15, 0.2) is 42.5 Å². The zero-order valence-corrected chi connectivity index (χ0v) is 17.7. The highest BCUT2D eigenvalue weighted by molar-refractivity contribution is 5.49. The smallest absolute Gasteiger partial charge is 0.204 e. The van der Waals surface area contributed by atoms with Gasteiger partial charge in [0.25, 0.3) is 0 Å². The number of ether oxygens (including phenoxy) is 3. The van der Waals surface area contributed by atoms with Crippen molar-refractivity contribution in [1.29, 1.82) is 0 Å². The minimum absolute atomic E-state index is 0.0782. The molecule has 0 saturated carbocycles. The van der Waals surface area contributed by atoms with Gasteiger partial charge in [0, 0.05) is 5.92 Å². The second kappa shape index (κ2) is 11.1. The van der Waals surface area contributed by atoms with Crippen molar-refractivity contribution in [2.75, 3.05) is 19.8 Å². The number of unbranched alkanes of at least 4 members (excludes halogenated alkanes) is 1. The average molecular weight is 417 g/mol. The van der Waals surface area contributed by atoms with E-state index < -0.39 is 11.6 Å². The number of rotatable bonds is 9. The molecule has 5 heteroatoms. The highest BCUT2D eigenvalue weighted by atomic mass is 19.2. The molecule has 0 spiro atoms. The number of hydrogen-bond acceptors (Lipinski definition) is 3. The number of benzene rings is 2. The molecule has 30 heavy (non-hydrogen) atoms. The third-order valence-electron chi connectivity index (χ3n) is 5.33. The van der Waals surface area contributed by atoms with Crippen molar-refractivity contribution in [3.05, 3.63) is 65.2 Å². The molecule has 0 bridgehead atoms. The molecule has 1 fully saturated rings. The van der Waals surface area contributed by atoms with Crippen molar-refractivity contribution in [3.8, 4) is 11.5 Å². The monoisotopic (exact) mass is 416 g/mol. The van der Waals surface area contributed by atoms with Crippen molar-refractivity contribution >= 4 is 6.08 Å². The molecule has 1 saturated heterocycles. The van der Waals surface area contributed by atoms with Crippen LogP contribution in [0.1, 0.15) is 56.6 Å². The maximum Gasteiger partial charge on any atom is 0.204 e. The molecular formula is C25H30F2O3. The molecule has 2 aromatic carbocycles. The number of allylic oxidation sites excluding steroid dienone is 1. The SMILES string of the molecule is CC=Cc1ccc(C2CCC(COc3ccc(OCCCC)c(F)c3F)OC2)cc1. The van der Waals surface area contributed by atoms with E-state index in [0.29, 0.717) is 19.1 Å². The molecular weight excluding hydrogens is 386 g/mol. The molecule has 1 aliphatic rings. The fraction of sp³-hybridized carbons (Fsp3) is 0.440. The summed E-state index contributed by atoms with van der Waals surface area (Å²) in [6.07, 6.45) is 7.45. The zero-order chi connectivity index (χ0) is 21.3. The lowest BCUT2D eigenvalue weighted by atomic mass is 9.91. The van der Waals surface area contributed by atoms with Gasteiger partial charge in [-0.2, -0.15) is 8.78 Å². The molecule has 0 N–H and O–H groups in total. The van der Waals surface area contributed by atoms with Crippen LogP contribution in [0.4, 0.5) is 8.78 Å². The number of halogens is 2. The van der Waals surface area contributed by atoms with Gasteiger partial charge in [0.1, 0.15) is 6.61 Å². The first-order valence-electron chi connectivity index (χ1n) is 10.7. The van der Waals surface area contributed by atoms with Gasteiger partial charge < -0.3 is 14.2 Å². The van der Waals surface area contributed by atoms with Crippen LogP contribution in [-0.4, -0.2) is 25.9 Å². The van der Waals surface area contributed by atoms with Crippen LogP contribution in [0.2, 0.25) is 0 Å². The standard InChI is InChI=1S/C25H30F2O3/c1-3-5-15-28-22-13-14-23(25(27)24(22)26)30-17-21-12-11-20(16-29-21)19-9-7-18(6-4-2)8-10-19/h4,6-10,13-14,20-21H,3,5,11-12,15-17H2,1-2H3. The van der Waals surface area contributed by atoms with Crippen LogP contribution >= 0.6 is 0 Å². The molecule has 1 heterocycles. The molecule has 0 aliphatic carbocycles. The first kappa shape index (κ1) is 22.3. The van der Waals surface area contributed by atoms with E-state index in [-0.39, 0.29) is 24.2 Å². The van der Waals surface area contributed by atoms with Gasteiger partial charge in [-0.15, -0.1) is 0 Å². The Hall–Kier alpha value is -2.40. The highest BCUT2D eigenvalue weighted by Gasteiger charge is 2.24. The first-order chi connectivity index (χ1) is 14.6. The van der Waals surface area contributed by atoms with Gasteiger partial charge in [0.2, 0.25) is 11.6 Å². The molecule has 0 radical (unpaired) electrons. The molecule has 0 amide bonds. The van der Waals surface area contributed by atoms with E-state index >= 15 is 0 Å². The second-order valence-electron chi connectivity index (χ2n) is 7.60. The van der Waals surface area contributed by atoms with Gasteiger partial charge >= 0.3 is 0 Å². The maximum atomic E-state index is 14.3. The van der Waals surface area contributed by atoms with E-state index in [0.717, 1.165) is 25.7 Å². The Morgan fingerprint density at radius 3 is 2.30 bits per heavy atom.